The Morgan fingerprint density at radius 1 is 1.14 bits per heavy atom. The molecular formula is C16H16N4O9. The molecule has 0 atom stereocenters. The summed E-state index contributed by atoms with van der Waals surface area (Å²) in [6, 6.07) is 2.63. The van der Waals surface area contributed by atoms with E-state index in [1.165, 1.54) is 19.1 Å². The molecule has 0 saturated heterocycles. The first-order valence-corrected chi connectivity index (χ1v) is 8.01. The van der Waals surface area contributed by atoms with Crippen LogP contribution in [0.2, 0.25) is 0 Å². The van der Waals surface area contributed by atoms with Crippen LogP contribution in [0.1, 0.15) is 26.7 Å². The van der Waals surface area contributed by atoms with E-state index in [-0.39, 0.29) is 36.8 Å². The summed E-state index contributed by atoms with van der Waals surface area (Å²) in [4.78, 5) is 49.8. The Morgan fingerprint density at radius 2 is 1.76 bits per heavy atom. The lowest BCUT2D eigenvalue weighted by Crippen LogP contribution is -2.33. The Kier molecular flexibility index (Phi) is 6.92. The number of nitro groups is 2. The molecule has 0 saturated carbocycles. The lowest BCUT2D eigenvalue weighted by atomic mass is 10.1. The van der Waals surface area contributed by atoms with Crippen LogP contribution >= 0.6 is 0 Å². The summed E-state index contributed by atoms with van der Waals surface area (Å²) in [5.74, 6) is -1.48. The lowest BCUT2D eigenvalue weighted by Gasteiger charge is -2.20. The first-order valence-electron chi connectivity index (χ1n) is 8.01. The van der Waals surface area contributed by atoms with E-state index in [9.17, 15) is 29.8 Å². The van der Waals surface area contributed by atoms with E-state index in [1.54, 1.807) is 0 Å². The fourth-order valence-electron chi connectivity index (χ4n) is 2.31. The number of carbonyl (C=O) groups excluding carboxylic acids is 2. The summed E-state index contributed by atoms with van der Waals surface area (Å²) in [5.41, 5.74) is -1.56. The number of nitrogens with zero attached hydrogens (tertiary/aromatic N) is 4. The van der Waals surface area contributed by atoms with Gasteiger partial charge in [-0.25, -0.2) is 9.78 Å². The third-order valence-electron chi connectivity index (χ3n) is 3.70. The Labute approximate surface area is 163 Å². The van der Waals surface area contributed by atoms with Crippen molar-refractivity contribution in [3.05, 3.63) is 61.8 Å². The summed E-state index contributed by atoms with van der Waals surface area (Å²) in [6.07, 6.45) is 1.05. The van der Waals surface area contributed by atoms with Crippen LogP contribution in [0.25, 0.3) is 0 Å². The monoisotopic (exact) mass is 408 g/mol. The average molecular weight is 408 g/mol. The minimum atomic E-state index is -0.833. The predicted molar refractivity (Wildman–Crippen MR) is 94.2 cm³/mol. The number of methoxy groups -OCH3 is 2. The number of amides is 1. The van der Waals surface area contributed by atoms with E-state index in [0.29, 0.717) is 0 Å². The predicted octanol–water partition coefficient (Wildman–Crippen LogP) is 1.57. The molecule has 1 aromatic heterocycles. The third-order valence-corrected chi connectivity index (χ3v) is 3.70. The second-order valence-corrected chi connectivity index (χ2v) is 5.59. The molecule has 154 valence electrons. The summed E-state index contributed by atoms with van der Waals surface area (Å²) in [7, 11) is 2.57. The molecule has 1 aromatic carbocycles. The van der Waals surface area contributed by atoms with E-state index in [0.717, 1.165) is 24.5 Å². The molecule has 1 heterocycles. The molecule has 0 aliphatic heterocycles. The smallest absolute Gasteiger partial charge is 0.360 e. The van der Waals surface area contributed by atoms with E-state index in [1.807, 2.05) is 0 Å². The quantitative estimate of drug-likeness (QED) is 0.337. The highest BCUT2D eigenvalue weighted by atomic mass is 16.6. The van der Waals surface area contributed by atoms with Gasteiger partial charge >= 0.3 is 5.97 Å². The number of hydrogen-bond acceptors (Lipinski definition) is 10. The number of aromatic nitrogens is 1. The molecule has 13 heteroatoms. The number of ether oxygens (including phenoxy) is 2. The minimum absolute atomic E-state index is 0.00483. The Bertz CT molecular complexity index is 908. The highest BCUT2D eigenvalue weighted by molar-refractivity contribution is 5.95. The highest BCUT2D eigenvalue weighted by Crippen LogP contribution is 2.24. The summed E-state index contributed by atoms with van der Waals surface area (Å²) in [6.45, 7) is -0.0786. The average Bonchev–Trinajstić information content (AvgIpc) is 3.18. The molecule has 0 aliphatic carbocycles. The van der Waals surface area contributed by atoms with Crippen molar-refractivity contribution < 1.29 is 33.3 Å². The number of carbonyl (C=O) groups is 2. The van der Waals surface area contributed by atoms with Crippen molar-refractivity contribution in [2.24, 2.45) is 0 Å². The van der Waals surface area contributed by atoms with Crippen molar-refractivity contribution in [3.8, 4) is 0 Å². The van der Waals surface area contributed by atoms with E-state index < -0.39 is 33.1 Å². The maximum atomic E-state index is 12.9. The van der Waals surface area contributed by atoms with Gasteiger partial charge in [0, 0.05) is 25.8 Å². The van der Waals surface area contributed by atoms with Crippen LogP contribution in [0.5, 0.6) is 0 Å². The van der Waals surface area contributed by atoms with Gasteiger partial charge in [-0.1, -0.05) is 0 Å². The fraction of sp³-hybridized carbons (Fsp3) is 0.312. The van der Waals surface area contributed by atoms with Crippen molar-refractivity contribution in [2.45, 2.75) is 6.54 Å². The van der Waals surface area contributed by atoms with Gasteiger partial charge in [-0.2, -0.15) is 0 Å². The van der Waals surface area contributed by atoms with Crippen LogP contribution in [-0.4, -0.2) is 59.0 Å². The van der Waals surface area contributed by atoms with E-state index in [4.69, 9.17) is 9.15 Å². The van der Waals surface area contributed by atoms with Gasteiger partial charge in [0.05, 0.1) is 41.7 Å². The molecule has 2 rings (SSSR count). The molecule has 0 aliphatic rings. The molecule has 0 spiro atoms. The van der Waals surface area contributed by atoms with Gasteiger partial charge in [0.2, 0.25) is 5.89 Å². The van der Waals surface area contributed by atoms with Crippen LogP contribution in [0.4, 0.5) is 11.4 Å². The Balaban J connectivity index is 2.35. The largest absolute Gasteiger partial charge is 0.464 e. The molecule has 0 fully saturated rings. The maximum Gasteiger partial charge on any atom is 0.360 e. The summed E-state index contributed by atoms with van der Waals surface area (Å²) < 4.78 is 14.6. The fourth-order valence-corrected chi connectivity index (χ4v) is 2.31. The molecule has 2 aromatic rings. The number of non-ortho nitro benzene ring substituents is 2. The topological polar surface area (TPSA) is 168 Å². The van der Waals surface area contributed by atoms with E-state index in [2.05, 4.69) is 9.72 Å². The van der Waals surface area contributed by atoms with Crippen molar-refractivity contribution in [3.63, 3.8) is 0 Å². The number of benzene rings is 1. The van der Waals surface area contributed by atoms with Crippen LogP contribution in [-0.2, 0) is 16.0 Å². The third kappa shape index (κ3) is 5.32. The van der Waals surface area contributed by atoms with Crippen molar-refractivity contribution in [1.82, 2.24) is 9.88 Å². The zero-order valence-corrected chi connectivity index (χ0v) is 15.4. The first kappa shape index (κ1) is 21.4. The van der Waals surface area contributed by atoms with Gasteiger partial charge in [0.1, 0.15) is 6.26 Å². The standard InChI is InChI=1S/C16H16N4O9/c1-27-4-3-18(8-14-17-13(9-29-14)16(22)28-2)15(21)10-5-11(19(23)24)7-12(6-10)20(25)26/h5-7,9H,3-4,8H2,1-2H3. The molecule has 13 nitrogen and oxygen atoms in total. The molecule has 0 radical (unpaired) electrons. The van der Waals surface area contributed by atoms with E-state index >= 15 is 0 Å². The van der Waals surface area contributed by atoms with Gasteiger partial charge in [-0.05, 0) is 0 Å². The maximum absolute atomic E-state index is 12.9. The second-order valence-electron chi connectivity index (χ2n) is 5.59. The molecule has 0 N–H and O–H groups in total. The van der Waals surface area contributed by atoms with Crippen molar-refractivity contribution >= 4 is 23.3 Å². The number of rotatable bonds is 9. The zero-order chi connectivity index (χ0) is 21.6. The summed E-state index contributed by atoms with van der Waals surface area (Å²) in [5, 5.41) is 22.1. The van der Waals surface area contributed by atoms with Crippen molar-refractivity contribution in [2.75, 3.05) is 27.4 Å². The van der Waals surface area contributed by atoms with Gasteiger partial charge in [-0.3, -0.25) is 25.0 Å². The second kappa shape index (κ2) is 9.36. The first-order chi connectivity index (χ1) is 13.8. The molecular weight excluding hydrogens is 392 g/mol. The van der Waals surface area contributed by atoms with Crippen LogP contribution in [0, 0.1) is 20.2 Å². The SMILES string of the molecule is COCCN(Cc1nc(C(=O)OC)co1)C(=O)c1cc([N+](=O)[O-])cc([N+](=O)[O-])c1. The molecule has 1 amide bonds. The summed E-state index contributed by atoms with van der Waals surface area (Å²) >= 11 is 0. The molecule has 0 bridgehead atoms. The molecule has 29 heavy (non-hydrogen) atoms. The zero-order valence-electron chi connectivity index (χ0n) is 15.4. The Morgan fingerprint density at radius 3 is 2.28 bits per heavy atom. The van der Waals surface area contributed by atoms with Gasteiger partial charge in [0.25, 0.3) is 17.3 Å². The normalized spacial score (nSPS) is 10.4. The van der Waals surface area contributed by atoms with Crippen LogP contribution < -0.4 is 0 Å². The van der Waals surface area contributed by atoms with Gasteiger partial charge in [0.15, 0.2) is 5.69 Å². The number of oxazole rings is 1. The van der Waals surface area contributed by atoms with Crippen LogP contribution in [0.15, 0.2) is 28.9 Å². The Hall–Kier alpha value is -3.87. The van der Waals surface area contributed by atoms with Gasteiger partial charge in [-0.15, -0.1) is 0 Å². The van der Waals surface area contributed by atoms with Gasteiger partial charge < -0.3 is 18.8 Å². The highest BCUT2D eigenvalue weighted by Gasteiger charge is 2.25. The van der Waals surface area contributed by atoms with Crippen LogP contribution in [0.3, 0.4) is 0 Å². The number of esters is 1. The molecule has 0 unspecified atom stereocenters. The minimum Gasteiger partial charge on any atom is -0.464 e. The number of nitro benzene ring substituents is 2. The lowest BCUT2D eigenvalue weighted by molar-refractivity contribution is -0.394. The number of hydrogen-bond donors (Lipinski definition) is 0. The van der Waals surface area contributed by atoms with Crippen molar-refractivity contribution in [1.29, 1.82) is 0 Å².